The first kappa shape index (κ1) is 13.6. The lowest BCUT2D eigenvalue weighted by atomic mass is 9.82. The molecular weight excluding hydrogens is 256 g/mol. The summed E-state index contributed by atoms with van der Waals surface area (Å²) in [6.45, 7) is 2.49. The van der Waals surface area contributed by atoms with Crippen LogP contribution in [0.4, 0.5) is 0 Å². The number of ether oxygens (including phenoxy) is 1. The van der Waals surface area contributed by atoms with Gasteiger partial charge in [0.2, 0.25) is 5.91 Å². The van der Waals surface area contributed by atoms with Crippen LogP contribution in [0.25, 0.3) is 0 Å². The molecule has 0 bridgehead atoms. The van der Waals surface area contributed by atoms with Gasteiger partial charge in [-0.05, 0) is 26.2 Å². The molecule has 1 saturated carbocycles. The maximum absolute atomic E-state index is 12.0. The lowest BCUT2D eigenvalue weighted by Crippen LogP contribution is -2.38. The van der Waals surface area contributed by atoms with Gasteiger partial charge in [-0.15, -0.1) is 0 Å². The van der Waals surface area contributed by atoms with E-state index >= 15 is 0 Å². The summed E-state index contributed by atoms with van der Waals surface area (Å²) in [4.78, 5) is 12.0. The Kier molecular flexibility index (Phi) is 3.78. The zero-order valence-corrected chi connectivity index (χ0v) is 12.0. The van der Waals surface area contributed by atoms with Crippen LogP contribution in [0.1, 0.15) is 50.0 Å². The summed E-state index contributed by atoms with van der Waals surface area (Å²) in [5.74, 6) is 0.605. The van der Waals surface area contributed by atoms with Crippen molar-refractivity contribution in [3.8, 4) is 0 Å². The number of hydrogen-bond acceptors (Lipinski definition) is 4. The predicted molar refractivity (Wildman–Crippen MR) is 73.3 cm³/mol. The Hall–Kier alpha value is -1.36. The van der Waals surface area contributed by atoms with Crippen LogP contribution in [0.3, 0.4) is 0 Å². The van der Waals surface area contributed by atoms with Crippen molar-refractivity contribution in [1.82, 2.24) is 10.5 Å². The van der Waals surface area contributed by atoms with Crippen molar-refractivity contribution in [1.29, 1.82) is 0 Å². The molecule has 1 atom stereocenters. The SMILES string of the molecule is Cc1cc(CC(=O)N[C@@H]2COC3(CCCCC3)C2)on1. The molecule has 1 N–H and O–H groups in total. The first-order chi connectivity index (χ1) is 9.65. The molecule has 1 saturated heterocycles. The van der Waals surface area contributed by atoms with Crippen LogP contribution in [0.5, 0.6) is 0 Å². The van der Waals surface area contributed by atoms with Gasteiger partial charge in [0.1, 0.15) is 5.76 Å². The normalized spacial score (nSPS) is 24.9. The van der Waals surface area contributed by atoms with Gasteiger partial charge in [0.25, 0.3) is 0 Å². The van der Waals surface area contributed by atoms with E-state index < -0.39 is 0 Å². The molecule has 2 heterocycles. The van der Waals surface area contributed by atoms with Crippen LogP contribution in [-0.2, 0) is 16.0 Å². The Labute approximate surface area is 119 Å². The number of carbonyl (C=O) groups is 1. The molecule has 0 radical (unpaired) electrons. The summed E-state index contributed by atoms with van der Waals surface area (Å²) in [5.41, 5.74) is 0.845. The largest absolute Gasteiger partial charge is 0.373 e. The highest BCUT2D eigenvalue weighted by atomic mass is 16.5. The molecule has 0 unspecified atom stereocenters. The topological polar surface area (TPSA) is 64.4 Å². The number of nitrogens with zero attached hydrogens (tertiary/aromatic N) is 1. The molecule has 1 aromatic heterocycles. The highest BCUT2D eigenvalue weighted by Gasteiger charge is 2.41. The second-order valence-electron chi connectivity index (χ2n) is 6.13. The third-order valence-electron chi connectivity index (χ3n) is 4.35. The minimum Gasteiger partial charge on any atom is -0.373 e. The lowest BCUT2D eigenvalue weighted by molar-refractivity contribution is -0.121. The number of aryl methyl sites for hydroxylation is 1. The van der Waals surface area contributed by atoms with Crippen molar-refractivity contribution in [2.45, 2.75) is 63.5 Å². The average Bonchev–Trinajstić information content (AvgIpc) is 2.98. The number of amides is 1. The van der Waals surface area contributed by atoms with Gasteiger partial charge >= 0.3 is 0 Å². The molecule has 2 fully saturated rings. The van der Waals surface area contributed by atoms with Crippen molar-refractivity contribution in [2.75, 3.05) is 6.61 Å². The quantitative estimate of drug-likeness (QED) is 0.920. The molecule has 5 nitrogen and oxygen atoms in total. The molecule has 1 aromatic rings. The van der Waals surface area contributed by atoms with Crippen molar-refractivity contribution in [3.05, 3.63) is 17.5 Å². The number of rotatable bonds is 3. The van der Waals surface area contributed by atoms with E-state index in [-0.39, 0.29) is 24.0 Å². The Morgan fingerprint density at radius 1 is 1.45 bits per heavy atom. The monoisotopic (exact) mass is 278 g/mol. The Morgan fingerprint density at radius 3 is 2.95 bits per heavy atom. The zero-order valence-electron chi connectivity index (χ0n) is 12.0. The minimum atomic E-state index is -0.0115. The van der Waals surface area contributed by atoms with Gasteiger partial charge < -0.3 is 14.6 Å². The molecule has 1 aliphatic heterocycles. The van der Waals surface area contributed by atoms with Crippen molar-refractivity contribution < 1.29 is 14.1 Å². The first-order valence-corrected chi connectivity index (χ1v) is 7.51. The molecule has 110 valence electrons. The van der Waals surface area contributed by atoms with Gasteiger partial charge in [-0.3, -0.25) is 4.79 Å². The van der Waals surface area contributed by atoms with Crippen molar-refractivity contribution in [2.24, 2.45) is 0 Å². The summed E-state index contributed by atoms with van der Waals surface area (Å²) < 4.78 is 11.1. The molecule has 1 spiro atoms. The van der Waals surface area contributed by atoms with Crippen LogP contribution in [0.2, 0.25) is 0 Å². The molecule has 20 heavy (non-hydrogen) atoms. The first-order valence-electron chi connectivity index (χ1n) is 7.51. The predicted octanol–water partition coefficient (Wildman–Crippen LogP) is 2.13. The highest BCUT2D eigenvalue weighted by molar-refractivity contribution is 5.78. The van der Waals surface area contributed by atoms with E-state index in [1.807, 2.05) is 6.92 Å². The van der Waals surface area contributed by atoms with Crippen LogP contribution in [-0.4, -0.2) is 29.3 Å². The fourth-order valence-corrected chi connectivity index (χ4v) is 3.42. The minimum absolute atomic E-state index is 0.0115. The van der Waals surface area contributed by atoms with E-state index in [1.54, 1.807) is 6.07 Å². The van der Waals surface area contributed by atoms with Gasteiger partial charge in [-0.2, -0.15) is 0 Å². The molecule has 2 aliphatic rings. The van der Waals surface area contributed by atoms with Crippen molar-refractivity contribution >= 4 is 5.91 Å². The smallest absolute Gasteiger partial charge is 0.228 e. The number of nitrogens with one attached hydrogen (secondary N) is 1. The average molecular weight is 278 g/mol. The zero-order chi connectivity index (χ0) is 14.0. The van der Waals surface area contributed by atoms with Crippen molar-refractivity contribution in [3.63, 3.8) is 0 Å². The molecule has 5 heteroatoms. The van der Waals surface area contributed by atoms with E-state index in [9.17, 15) is 4.79 Å². The summed E-state index contributed by atoms with van der Waals surface area (Å²) in [6, 6.07) is 1.94. The van der Waals surface area contributed by atoms with Crippen LogP contribution >= 0.6 is 0 Å². The Balaban J connectivity index is 1.50. The van der Waals surface area contributed by atoms with E-state index in [4.69, 9.17) is 9.26 Å². The lowest BCUT2D eigenvalue weighted by Gasteiger charge is -2.32. The number of carbonyl (C=O) groups excluding carboxylic acids is 1. The molecule has 3 rings (SSSR count). The van der Waals surface area contributed by atoms with E-state index in [1.165, 1.54) is 19.3 Å². The summed E-state index contributed by atoms with van der Waals surface area (Å²) >= 11 is 0. The molecule has 0 aromatic carbocycles. The van der Waals surface area contributed by atoms with E-state index in [2.05, 4.69) is 10.5 Å². The summed E-state index contributed by atoms with van der Waals surface area (Å²) in [7, 11) is 0. The highest BCUT2D eigenvalue weighted by Crippen LogP contribution is 2.39. The van der Waals surface area contributed by atoms with Crippen LogP contribution < -0.4 is 5.32 Å². The molecule has 1 aliphatic carbocycles. The maximum Gasteiger partial charge on any atom is 0.228 e. The fourth-order valence-electron chi connectivity index (χ4n) is 3.42. The molecule has 1 amide bonds. The summed E-state index contributed by atoms with van der Waals surface area (Å²) in [5, 5.41) is 6.85. The number of aromatic nitrogens is 1. The second-order valence-corrected chi connectivity index (χ2v) is 6.13. The van der Waals surface area contributed by atoms with Gasteiger partial charge in [0, 0.05) is 6.07 Å². The molecular formula is C15H22N2O3. The van der Waals surface area contributed by atoms with E-state index in [0.717, 1.165) is 25.0 Å². The van der Waals surface area contributed by atoms with Gasteiger partial charge in [-0.1, -0.05) is 24.4 Å². The second kappa shape index (κ2) is 5.56. The standard InChI is InChI=1S/C15H22N2O3/c1-11-7-13(20-17-11)8-14(18)16-12-9-15(19-10-12)5-3-2-4-6-15/h7,12H,2-6,8-10H2,1H3,(H,16,18)/t12-/m0/s1. The van der Waals surface area contributed by atoms with E-state index in [0.29, 0.717) is 12.4 Å². The summed E-state index contributed by atoms with van der Waals surface area (Å²) in [6.07, 6.45) is 7.29. The van der Waals surface area contributed by atoms with Crippen LogP contribution in [0, 0.1) is 6.92 Å². The third-order valence-corrected chi connectivity index (χ3v) is 4.35. The Morgan fingerprint density at radius 2 is 2.25 bits per heavy atom. The fraction of sp³-hybridized carbons (Fsp3) is 0.733. The number of hydrogen-bond donors (Lipinski definition) is 1. The maximum atomic E-state index is 12.0. The Bertz CT molecular complexity index is 477. The van der Waals surface area contributed by atoms with Crippen LogP contribution in [0.15, 0.2) is 10.6 Å². The van der Waals surface area contributed by atoms with Gasteiger partial charge in [0.15, 0.2) is 0 Å². The third kappa shape index (κ3) is 3.03. The van der Waals surface area contributed by atoms with Gasteiger partial charge in [0.05, 0.1) is 30.4 Å². The van der Waals surface area contributed by atoms with Gasteiger partial charge in [-0.25, -0.2) is 0 Å².